The Kier molecular flexibility index (Phi) is 7.33. The highest BCUT2D eigenvalue weighted by atomic mass is 32.2. The predicted octanol–water partition coefficient (Wildman–Crippen LogP) is 5.39. The van der Waals surface area contributed by atoms with E-state index in [1.54, 1.807) is 10.6 Å². The number of hydrogen-bond acceptors (Lipinski definition) is 5. The molecular formula is C27H27N3O3S. The summed E-state index contributed by atoms with van der Waals surface area (Å²) in [6.07, 6.45) is 0.827. The summed E-state index contributed by atoms with van der Waals surface area (Å²) in [6.45, 7) is 6.53. The molecule has 7 heteroatoms. The molecule has 0 bridgehead atoms. The second-order valence-electron chi connectivity index (χ2n) is 7.78. The van der Waals surface area contributed by atoms with Crippen molar-refractivity contribution in [1.82, 2.24) is 9.55 Å². The van der Waals surface area contributed by atoms with Crippen LogP contribution in [0.3, 0.4) is 0 Å². The van der Waals surface area contributed by atoms with Crippen LogP contribution in [-0.2, 0) is 11.2 Å². The fraction of sp³-hybridized carbons (Fsp3) is 0.222. The Morgan fingerprint density at radius 3 is 2.53 bits per heavy atom. The third kappa shape index (κ3) is 4.99. The number of ether oxygens (including phenoxy) is 1. The van der Waals surface area contributed by atoms with Gasteiger partial charge in [-0.2, -0.15) is 0 Å². The number of para-hydroxylation sites is 2. The first-order chi connectivity index (χ1) is 16.5. The monoisotopic (exact) mass is 473 g/mol. The molecule has 1 amide bonds. The van der Waals surface area contributed by atoms with Crippen LogP contribution in [0.4, 0.5) is 5.69 Å². The highest BCUT2D eigenvalue weighted by molar-refractivity contribution is 7.99. The Morgan fingerprint density at radius 1 is 1.03 bits per heavy atom. The third-order valence-corrected chi connectivity index (χ3v) is 6.43. The number of anilines is 1. The van der Waals surface area contributed by atoms with Crippen molar-refractivity contribution in [2.75, 3.05) is 17.7 Å². The molecule has 1 aromatic heterocycles. The zero-order chi connectivity index (χ0) is 24.1. The molecule has 34 heavy (non-hydrogen) atoms. The number of fused-ring (bicyclic) bond motifs is 1. The van der Waals surface area contributed by atoms with Gasteiger partial charge in [0.1, 0.15) is 5.75 Å². The van der Waals surface area contributed by atoms with Crippen LogP contribution in [0.1, 0.15) is 25.0 Å². The maximum atomic E-state index is 13.4. The number of amides is 1. The Balaban J connectivity index is 1.66. The van der Waals surface area contributed by atoms with E-state index in [0.717, 1.165) is 29.0 Å². The van der Waals surface area contributed by atoms with E-state index < -0.39 is 0 Å². The molecule has 0 fully saturated rings. The number of benzene rings is 3. The van der Waals surface area contributed by atoms with Crippen LogP contribution in [0.25, 0.3) is 16.6 Å². The molecule has 0 saturated heterocycles. The van der Waals surface area contributed by atoms with Crippen LogP contribution in [0, 0.1) is 6.92 Å². The molecule has 0 radical (unpaired) electrons. The van der Waals surface area contributed by atoms with Crippen LogP contribution in [-0.4, -0.2) is 27.8 Å². The topological polar surface area (TPSA) is 73.2 Å². The maximum absolute atomic E-state index is 13.4. The van der Waals surface area contributed by atoms with Gasteiger partial charge in [-0.05, 0) is 67.8 Å². The number of rotatable bonds is 8. The molecule has 6 nitrogen and oxygen atoms in total. The van der Waals surface area contributed by atoms with Gasteiger partial charge in [-0.3, -0.25) is 14.2 Å². The maximum Gasteiger partial charge on any atom is 0.266 e. The summed E-state index contributed by atoms with van der Waals surface area (Å²) in [5.41, 5.74) is 4.06. The van der Waals surface area contributed by atoms with Crippen LogP contribution < -0.4 is 15.6 Å². The summed E-state index contributed by atoms with van der Waals surface area (Å²) < 4.78 is 7.09. The van der Waals surface area contributed by atoms with Gasteiger partial charge in [0, 0.05) is 5.69 Å². The molecule has 4 rings (SSSR count). The average Bonchev–Trinajstić information content (AvgIpc) is 2.85. The number of nitrogens with zero attached hydrogens (tertiary/aromatic N) is 2. The number of aromatic nitrogens is 2. The van der Waals surface area contributed by atoms with Gasteiger partial charge in [0.15, 0.2) is 5.16 Å². The number of aryl methyl sites for hydroxylation is 2. The van der Waals surface area contributed by atoms with E-state index in [1.807, 2.05) is 74.5 Å². The van der Waals surface area contributed by atoms with E-state index in [2.05, 4.69) is 12.2 Å². The van der Waals surface area contributed by atoms with E-state index in [-0.39, 0.29) is 17.2 Å². The van der Waals surface area contributed by atoms with Crippen molar-refractivity contribution in [3.63, 3.8) is 0 Å². The van der Waals surface area contributed by atoms with Gasteiger partial charge >= 0.3 is 0 Å². The van der Waals surface area contributed by atoms with Crippen LogP contribution in [0.2, 0.25) is 0 Å². The van der Waals surface area contributed by atoms with E-state index in [0.29, 0.717) is 28.4 Å². The first kappa shape index (κ1) is 23.6. The molecule has 0 aliphatic heterocycles. The standard InChI is InChI=1S/C27H27N3O3S/c1-4-19-10-8-9-18(3)25(19)29-24(31)17-34-27-28-23-12-7-6-11-22(23)26(32)30(27)20-13-15-21(16-14-20)33-5-2/h6-16H,4-5,17H2,1-3H3,(H,29,31). The van der Waals surface area contributed by atoms with Gasteiger partial charge in [0.05, 0.1) is 29.0 Å². The minimum absolute atomic E-state index is 0.124. The van der Waals surface area contributed by atoms with Crippen LogP contribution >= 0.6 is 11.8 Å². The van der Waals surface area contributed by atoms with E-state index in [1.165, 1.54) is 11.8 Å². The fourth-order valence-electron chi connectivity index (χ4n) is 3.80. The summed E-state index contributed by atoms with van der Waals surface area (Å²) in [5.74, 6) is 0.709. The van der Waals surface area contributed by atoms with Gasteiger partial charge < -0.3 is 10.1 Å². The van der Waals surface area contributed by atoms with Crippen molar-refractivity contribution < 1.29 is 9.53 Å². The lowest BCUT2D eigenvalue weighted by atomic mass is 10.1. The van der Waals surface area contributed by atoms with Crippen molar-refractivity contribution in [3.05, 3.63) is 88.2 Å². The minimum atomic E-state index is -0.176. The smallest absolute Gasteiger partial charge is 0.266 e. The Labute approximate surface area is 203 Å². The molecule has 0 unspecified atom stereocenters. The van der Waals surface area contributed by atoms with Crippen molar-refractivity contribution in [2.24, 2.45) is 0 Å². The molecule has 4 aromatic rings. The molecule has 3 aromatic carbocycles. The zero-order valence-corrected chi connectivity index (χ0v) is 20.3. The van der Waals surface area contributed by atoms with Crippen LogP contribution in [0.15, 0.2) is 76.7 Å². The lowest BCUT2D eigenvalue weighted by Crippen LogP contribution is -2.23. The van der Waals surface area contributed by atoms with Crippen molar-refractivity contribution >= 4 is 34.3 Å². The minimum Gasteiger partial charge on any atom is -0.494 e. The highest BCUT2D eigenvalue weighted by Crippen LogP contribution is 2.25. The summed E-state index contributed by atoms with van der Waals surface area (Å²) >= 11 is 1.24. The SMILES string of the molecule is CCOc1ccc(-n2c(SCC(=O)Nc3c(C)cccc3CC)nc3ccccc3c2=O)cc1. The van der Waals surface area contributed by atoms with E-state index >= 15 is 0 Å². The van der Waals surface area contributed by atoms with Gasteiger partial charge in [-0.1, -0.05) is 49.0 Å². The number of hydrogen-bond donors (Lipinski definition) is 1. The normalized spacial score (nSPS) is 10.9. The second kappa shape index (κ2) is 10.6. The molecular weight excluding hydrogens is 446 g/mol. The molecule has 0 aliphatic carbocycles. The summed E-state index contributed by atoms with van der Waals surface area (Å²) in [4.78, 5) is 31.0. The molecule has 0 atom stereocenters. The zero-order valence-electron chi connectivity index (χ0n) is 19.5. The number of carbonyl (C=O) groups is 1. The molecule has 1 N–H and O–H groups in total. The first-order valence-corrected chi connectivity index (χ1v) is 12.3. The lowest BCUT2D eigenvalue weighted by molar-refractivity contribution is -0.113. The lowest BCUT2D eigenvalue weighted by Gasteiger charge is -2.15. The first-order valence-electron chi connectivity index (χ1n) is 11.3. The molecule has 0 spiro atoms. The van der Waals surface area contributed by atoms with E-state index in [9.17, 15) is 9.59 Å². The average molecular weight is 474 g/mol. The van der Waals surface area contributed by atoms with Gasteiger partial charge in [-0.15, -0.1) is 0 Å². The van der Waals surface area contributed by atoms with Crippen LogP contribution in [0.5, 0.6) is 5.75 Å². The molecule has 0 saturated carbocycles. The summed E-state index contributed by atoms with van der Waals surface area (Å²) in [5, 5.41) is 4.03. The van der Waals surface area contributed by atoms with Crippen molar-refractivity contribution in [3.8, 4) is 11.4 Å². The quantitative estimate of drug-likeness (QED) is 0.275. The number of thioether (sulfide) groups is 1. The molecule has 1 heterocycles. The highest BCUT2D eigenvalue weighted by Gasteiger charge is 2.16. The largest absolute Gasteiger partial charge is 0.494 e. The van der Waals surface area contributed by atoms with Gasteiger partial charge in [0.2, 0.25) is 5.91 Å². The molecule has 174 valence electrons. The second-order valence-corrected chi connectivity index (χ2v) is 8.72. The number of nitrogens with one attached hydrogen (secondary N) is 1. The Bertz CT molecular complexity index is 1380. The summed E-state index contributed by atoms with van der Waals surface area (Å²) in [6, 6.07) is 20.5. The van der Waals surface area contributed by atoms with Crippen molar-refractivity contribution in [1.29, 1.82) is 0 Å². The Hall–Kier alpha value is -3.58. The number of carbonyl (C=O) groups excluding carboxylic acids is 1. The van der Waals surface area contributed by atoms with Gasteiger partial charge in [0.25, 0.3) is 5.56 Å². The fourth-order valence-corrected chi connectivity index (χ4v) is 4.62. The van der Waals surface area contributed by atoms with Gasteiger partial charge in [-0.25, -0.2) is 4.98 Å². The summed E-state index contributed by atoms with van der Waals surface area (Å²) in [7, 11) is 0. The molecule has 0 aliphatic rings. The Morgan fingerprint density at radius 2 is 1.79 bits per heavy atom. The third-order valence-electron chi connectivity index (χ3n) is 5.49. The van der Waals surface area contributed by atoms with E-state index in [4.69, 9.17) is 9.72 Å². The van der Waals surface area contributed by atoms with Crippen molar-refractivity contribution in [2.45, 2.75) is 32.3 Å². The predicted molar refractivity (Wildman–Crippen MR) is 138 cm³/mol.